The van der Waals surface area contributed by atoms with E-state index in [2.05, 4.69) is 9.47 Å². The number of hydrogen-bond acceptors (Lipinski definition) is 4. The lowest BCUT2D eigenvalue weighted by atomic mass is 10.1. The van der Waals surface area contributed by atoms with Crippen molar-refractivity contribution >= 4 is 5.97 Å². The van der Waals surface area contributed by atoms with Gasteiger partial charge in [0, 0.05) is 6.20 Å². The fraction of sp³-hybridized carbons (Fsp3) is 0.333. The number of halogens is 3. The zero-order chi connectivity index (χ0) is 13.9. The predicted octanol–water partition coefficient (Wildman–Crippen LogP) is 0.909. The Bertz CT molecular complexity index is 508. The molecule has 0 aliphatic carbocycles. The molecule has 0 amide bonds. The molecule has 0 bridgehead atoms. The maximum atomic E-state index is 12.1. The third-order valence-electron chi connectivity index (χ3n) is 1.87. The standard InChI is InChI=1S/C9H8F3NO5/c1-17-7-4(2-6(14)15)5(3-13-8(7)16)18-9(10,11)12/h3H,2H2,1H3,(H,13,16)(H,14,15). The third-order valence-corrected chi connectivity index (χ3v) is 1.87. The van der Waals surface area contributed by atoms with Crippen LogP contribution in [0.25, 0.3) is 0 Å². The smallest absolute Gasteiger partial charge is 0.491 e. The van der Waals surface area contributed by atoms with Crippen molar-refractivity contribution in [3.63, 3.8) is 0 Å². The monoisotopic (exact) mass is 267 g/mol. The Morgan fingerprint density at radius 3 is 2.56 bits per heavy atom. The van der Waals surface area contributed by atoms with E-state index in [1.807, 2.05) is 4.98 Å². The van der Waals surface area contributed by atoms with Crippen molar-refractivity contribution in [3.05, 3.63) is 22.1 Å². The van der Waals surface area contributed by atoms with E-state index in [4.69, 9.17) is 5.11 Å². The Morgan fingerprint density at radius 1 is 1.50 bits per heavy atom. The maximum Gasteiger partial charge on any atom is 0.573 e. The zero-order valence-corrected chi connectivity index (χ0v) is 9.00. The number of carboxylic acid groups (broad SMARTS) is 1. The van der Waals surface area contributed by atoms with Gasteiger partial charge in [0.1, 0.15) is 0 Å². The van der Waals surface area contributed by atoms with E-state index in [0.717, 1.165) is 7.11 Å². The highest BCUT2D eigenvalue weighted by Gasteiger charge is 2.33. The van der Waals surface area contributed by atoms with Gasteiger partial charge in [-0.1, -0.05) is 0 Å². The number of hydrogen-bond donors (Lipinski definition) is 2. The molecule has 0 saturated carbocycles. The van der Waals surface area contributed by atoms with Crippen molar-refractivity contribution in [1.82, 2.24) is 4.98 Å². The molecule has 1 aromatic heterocycles. The number of methoxy groups -OCH3 is 1. The number of rotatable bonds is 4. The first-order valence-electron chi connectivity index (χ1n) is 4.50. The molecule has 1 aromatic rings. The number of carboxylic acids is 1. The van der Waals surface area contributed by atoms with E-state index in [-0.39, 0.29) is 0 Å². The van der Waals surface area contributed by atoms with Gasteiger partial charge in [-0.3, -0.25) is 9.59 Å². The van der Waals surface area contributed by atoms with Crippen molar-refractivity contribution in [3.8, 4) is 11.5 Å². The number of H-pyrrole nitrogens is 1. The summed E-state index contributed by atoms with van der Waals surface area (Å²) in [5, 5.41) is 8.60. The van der Waals surface area contributed by atoms with Gasteiger partial charge in [-0.2, -0.15) is 0 Å². The van der Waals surface area contributed by atoms with Gasteiger partial charge in [0.2, 0.25) is 0 Å². The topological polar surface area (TPSA) is 88.6 Å². The largest absolute Gasteiger partial charge is 0.573 e. The molecule has 0 spiro atoms. The quantitative estimate of drug-likeness (QED) is 0.846. The van der Waals surface area contributed by atoms with Crippen molar-refractivity contribution in [2.75, 3.05) is 7.11 Å². The van der Waals surface area contributed by atoms with Crippen LogP contribution in [0.1, 0.15) is 5.56 Å². The highest BCUT2D eigenvalue weighted by molar-refractivity contribution is 5.72. The van der Waals surface area contributed by atoms with Gasteiger partial charge in [0.05, 0.1) is 19.1 Å². The number of aromatic amines is 1. The second-order valence-electron chi connectivity index (χ2n) is 3.11. The molecule has 9 heteroatoms. The predicted molar refractivity (Wildman–Crippen MR) is 51.6 cm³/mol. The van der Waals surface area contributed by atoms with Crippen molar-refractivity contribution in [1.29, 1.82) is 0 Å². The van der Waals surface area contributed by atoms with Gasteiger partial charge in [-0.15, -0.1) is 13.2 Å². The van der Waals surface area contributed by atoms with Gasteiger partial charge < -0.3 is 19.6 Å². The molecule has 0 atom stereocenters. The van der Waals surface area contributed by atoms with Crippen LogP contribution in [-0.2, 0) is 11.2 Å². The number of alkyl halides is 3. The molecule has 1 rings (SSSR count). The van der Waals surface area contributed by atoms with Crippen molar-refractivity contribution < 1.29 is 32.5 Å². The van der Waals surface area contributed by atoms with E-state index >= 15 is 0 Å². The molecule has 0 saturated heterocycles. The Morgan fingerprint density at radius 2 is 2.11 bits per heavy atom. The third kappa shape index (κ3) is 3.40. The summed E-state index contributed by atoms with van der Waals surface area (Å²) in [6.07, 6.45) is -5.20. The molecule has 0 fully saturated rings. The van der Waals surface area contributed by atoms with E-state index in [9.17, 15) is 22.8 Å². The summed E-state index contributed by atoms with van der Waals surface area (Å²) in [4.78, 5) is 23.8. The van der Waals surface area contributed by atoms with Gasteiger partial charge in [0.15, 0.2) is 11.5 Å². The normalized spacial score (nSPS) is 11.1. The van der Waals surface area contributed by atoms with Gasteiger partial charge in [-0.05, 0) is 0 Å². The summed E-state index contributed by atoms with van der Waals surface area (Å²) >= 11 is 0. The first-order chi connectivity index (χ1) is 8.24. The minimum absolute atomic E-state index is 0.480. The maximum absolute atomic E-state index is 12.1. The second-order valence-corrected chi connectivity index (χ2v) is 3.11. The lowest BCUT2D eigenvalue weighted by molar-refractivity contribution is -0.275. The highest BCUT2D eigenvalue weighted by atomic mass is 19.4. The minimum Gasteiger partial charge on any atom is -0.491 e. The van der Waals surface area contributed by atoms with E-state index in [1.54, 1.807) is 0 Å². The fourth-order valence-electron chi connectivity index (χ4n) is 1.28. The van der Waals surface area contributed by atoms with E-state index < -0.39 is 41.4 Å². The molecule has 1 heterocycles. The summed E-state index contributed by atoms with van der Waals surface area (Å²) < 4.78 is 44.5. The molecule has 0 aliphatic heterocycles. The lowest BCUT2D eigenvalue weighted by Gasteiger charge is -2.14. The number of carbonyl (C=O) groups is 1. The molecular weight excluding hydrogens is 259 g/mol. The van der Waals surface area contributed by atoms with Crippen LogP contribution in [0.15, 0.2) is 11.0 Å². The molecule has 0 aromatic carbocycles. The van der Waals surface area contributed by atoms with Gasteiger partial charge >= 0.3 is 12.3 Å². The van der Waals surface area contributed by atoms with Crippen LogP contribution < -0.4 is 15.0 Å². The summed E-state index contributed by atoms with van der Waals surface area (Å²) in [5.41, 5.74) is -1.32. The molecule has 0 unspecified atom stereocenters. The fourth-order valence-corrected chi connectivity index (χ4v) is 1.28. The SMILES string of the molecule is COc1c(CC(=O)O)c(OC(F)(F)F)c[nH]c1=O. The molecule has 6 nitrogen and oxygen atoms in total. The number of pyridine rings is 1. The Balaban J connectivity index is 3.32. The highest BCUT2D eigenvalue weighted by Crippen LogP contribution is 2.29. The molecule has 100 valence electrons. The summed E-state index contributed by atoms with van der Waals surface area (Å²) in [6.45, 7) is 0. The number of ether oxygens (including phenoxy) is 2. The van der Waals surface area contributed by atoms with Crippen LogP contribution in [0.5, 0.6) is 11.5 Å². The molecule has 0 radical (unpaired) electrons. The van der Waals surface area contributed by atoms with Crippen molar-refractivity contribution in [2.45, 2.75) is 12.8 Å². The number of aliphatic carboxylic acids is 1. The zero-order valence-electron chi connectivity index (χ0n) is 9.00. The average molecular weight is 267 g/mol. The van der Waals surface area contributed by atoms with Crippen LogP contribution in [0, 0.1) is 0 Å². The first kappa shape index (κ1) is 13.9. The van der Waals surface area contributed by atoms with Crippen LogP contribution in [0.3, 0.4) is 0 Å². The van der Waals surface area contributed by atoms with Crippen LogP contribution in [-0.4, -0.2) is 29.5 Å². The molecular formula is C9H8F3NO5. The minimum atomic E-state index is -5.00. The average Bonchev–Trinajstić information content (AvgIpc) is 2.20. The molecule has 18 heavy (non-hydrogen) atoms. The van der Waals surface area contributed by atoms with Crippen LogP contribution >= 0.6 is 0 Å². The first-order valence-corrected chi connectivity index (χ1v) is 4.50. The molecule has 2 N–H and O–H groups in total. The van der Waals surface area contributed by atoms with E-state index in [1.165, 1.54) is 0 Å². The van der Waals surface area contributed by atoms with Gasteiger partial charge in [0.25, 0.3) is 5.56 Å². The summed E-state index contributed by atoms with van der Waals surface area (Å²) in [5.74, 6) is -2.77. The Hall–Kier alpha value is -2.19. The Labute approximate surface area is 98.0 Å². The number of nitrogens with one attached hydrogen (secondary N) is 1. The lowest BCUT2D eigenvalue weighted by Crippen LogP contribution is -2.22. The second kappa shape index (κ2) is 4.98. The number of aromatic nitrogens is 1. The summed E-state index contributed by atoms with van der Waals surface area (Å²) in [7, 11) is 1.04. The summed E-state index contributed by atoms with van der Waals surface area (Å²) in [6, 6.07) is 0. The van der Waals surface area contributed by atoms with Gasteiger partial charge in [-0.25, -0.2) is 0 Å². The molecule has 0 aliphatic rings. The Kier molecular flexibility index (Phi) is 3.84. The van der Waals surface area contributed by atoms with Crippen molar-refractivity contribution in [2.24, 2.45) is 0 Å². The van der Waals surface area contributed by atoms with Crippen LogP contribution in [0.4, 0.5) is 13.2 Å². The van der Waals surface area contributed by atoms with E-state index in [0.29, 0.717) is 6.20 Å². The van der Waals surface area contributed by atoms with Crippen LogP contribution in [0.2, 0.25) is 0 Å².